The first-order chi connectivity index (χ1) is 6.75. The van der Waals surface area contributed by atoms with Crippen LogP contribution in [0.3, 0.4) is 0 Å². The fourth-order valence-corrected chi connectivity index (χ4v) is 1.70. The van der Waals surface area contributed by atoms with Crippen molar-refractivity contribution in [3.8, 4) is 11.3 Å². The molecule has 0 saturated heterocycles. The third-order valence-corrected chi connectivity index (χ3v) is 2.69. The van der Waals surface area contributed by atoms with Crippen molar-refractivity contribution in [3.63, 3.8) is 0 Å². The lowest BCUT2D eigenvalue weighted by Crippen LogP contribution is -1.82. The lowest BCUT2D eigenvalue weighted by Gasteiger charge is -2.01. The van der Waals surface area contributed by atoms with E-state index in [2.05, 4.69) is 20.9 Å². The Balaban J connectivity index is 2.50. The monoisotopic (exact) mass is 265 g/mol. The highest BCUT2D eigenvalue weighted by Crippen LogP contribution is 2.19. The summed E-state index contributed by atoms with van der Waals surface area (Å²) in [5.74, 6) is 0. The average Bonchev–Trinajstić information content (AvgIpc) is 2.19. The van der Waals surface area contributed by atoms with E-state index in [1.807, 2.05) is 42.5 Å². The number of hydrogen-bond acceptors (Lipinski definition) is 1. The van der Waals surface area contributed by atoms with E-state index in [-0.39, 0.29) is 0 Å². The first kappa shape index (κ1) is 9.62. The SMILES string of the molecule is S=c1cccc(-c2ccc(Br)cc2)[nH]1. The Hall–Kier alpha value is -0.930. The second kappa shape index (κ2) is 4.07. The van der Waals surface area contributed by atoms with Gasteiger partial charge in [0.1, 0.15) is 4.64 Å². The molecule has 0 atom stereocenters. The van der Waals surface area contributed by atoms with Gasteiger partial charge in [-0.2, -0.15) is 0 Å². The zero-order valence-electron chi connectivity index (χ0n) is 7.33. The summed E-state index contributed by atoms with van der Waals surface area (Å²) in [6.07, 6.45) is 0. The third kappa shape index (κ3) is 2.11. The molecule has 0 saturated carbocycles. The molecule has 1 heterocycles. The highest BCUT2D eigenvalue weighted by atomic mass is 79.9. The van der Waals surface area contributed by atoms with Gasteiger partial charge in [0, 0.05) is 10.2 Å². The smallest absolute Gasteiger partial charge is 0.103 e. The van der Waals surface area contributed by atoms with E-state index in [1.165, 1.54) is 0 Å². The van der Waals surface area contributed by atoms with Gasteiger partial charge in [-0.1, -0.05) is 46.3 Å². The molecule has 0 fully saturated rings. The van der Waals surface area contributed by atoms with Crippen molar-refractivity contribution in [1.82, 2.24) is 4.98 Å². The number of H-pyrrole nitrogens is 1. The number of pyridine rings is 1. The molecule has 2 aromatic rings. The van der Waals surface area contributed by atoms with Crippen molar-refractivity contribution in [1.29, 1.82) is 0 Å². The van der Waals surface area contributed by atoms with Crippen molar-refractivity contribution < 1.29 is 0 Å². The predicted octanol–water partition coefficient (Wildman–Crippen LogP) is 4.17. The molecular weight excluding hydrogens is 258 g/mol. The molecule has 0 spiro atoms. The predicted molar refractivity (Wildman–Crippen MR) is 64.8 cm³/mol. The second-order valence-electron chi connectivity index (χ2n) is 2.94. The molecule has 14 heavy (non-hydrogen) atoms. The first-order valence-electron chi connectivity index (χ1n) is 4.21. The normalized spacial score (nSPS) is 10.1. The van der Waals surface area contributed by atoms with E-state index in [4.69, 9.17) is 12.2 Å². The Morgan fingerprint density at radius 2 is 1.71 bits per heavy atom. The molecule has 0 bridgehead atoms. The minimum atomic E-state index is 0.755. The molecule has 3 heteroatoms. The lowest BCUT2D eigenvalue weighted by molar-refractivity contribution is 1.30. The molecule has 0 unspecified atom stereocenters. The van der Waals surface area contributed by atoms with Gasteiger partial charge in [-0.25, -0.2) is 0 Å². The summed E-state index contributed by atoms with van der Waals surface area (Å²) in [4.78, 5) is 3.14. The van der Waals surface area contributed by atoms with Crippen molar-refractivity contribution in [3.05, 3.63) is 51.6 Å². The first-order valence-corrected chi connectivity index (χ1v) is 5.41. The van der Waals surface area contributed by atoms with Crippen LogP contribution in [0.2, 0.25) is 0 Å². The molecule has 1 N–H and O–H groups in total. The fourth-order valence-electron chi connectivity index (χ4n) is 1.25. The topological polar surface area (TPSA) is 15.8 Å². The lowest BCUT2D eigenvalue weighted by atomic mass is 10.1. The van der Waals surface area contributed by atoms with Gasteiger partial charge in [0.15, 0.2) is 0 Å². The number of hydrogen-bond donors (Lipinski definition) is 1. The maximum atomic E-state index is 5.06. The largest absolute Gasteiger partial charge is 0.346 e. The number of rotatable bonds is 1. The quantitative estimate of drug-likeness (QED) is 0.766. The average molecular weight is 266 g/mol. The molecule has 0 aliphatic heterocycles. The summed E-state index contributed by atoms with van der Waals surface area (Å²) in [5, 5.41) is 0. The van der Waals surface area contributed by atoms with E-state index in [9.17, 15) is 0 Å². The number of halogens is 1. The van der Waals surface area contributed by atoms with Crippen LogP contribution in [0.5, 0.6) is 0 Å². The van der Waals surface area contributed by atoms with E-state index < -0.39 is 0 Å². The van der Waals surface area contributed by atoms with Crippen LogP contribution in [0.25, 0.3) is 11.3 Å². The van der Waals surface area contributed by atoms with Crippen molar-refractivity contribution in [2.75, 3.05) is 0 Å². The van der Waals surface area contributed by atoms with Gasteiger partial charge in [-0.3, -0.25) is 0 Å². The molecule has 1 aromatic heterocycles. The summed E-state index contributed by atoms with van der Waals surface area (Å²) >= 11 is 8.46. The Kier molecular flexibility index (Phi) is 2.79. The Morgan fingerprint density at radius 3 is 2.36 bits per heavy atom. The number of aromatic nitrogens is 1. The molecule has 0 radical (unpaired) electrons. The summed E-state index contributed by atoms with van der Waals surface area (Å²) in [6, 6.07) is 14.0. The van der Waals surface area contributed by atoms with Crippen LogP contribution >= 0.6 is 28.1 Å². The third-order valence-electron chi connectivity index (χ3n) is 1.92. The van der Waals surface area contributed by atoms with Crippen LogP contribution in [0.15, 0.2) is 46.9 Å². The molecule has 2 rings (SSSR count). The maximum Gasteiger partial charge on any atom is 0.103 e. The molecule has 0 amide bonds. The van der Waals surface area contributed by atoms with Gasteiger partial charge in [-0.15, -0.1) is 0 Å². The van der Waals surface area contributed by atoms with Gasteiger partial charge >= 0.3 is 0 Å². The summed E-state index contributed by atoms with van der Waals surface area (Å²) in [7, 11) is 0. The van der Waals surface area contributed by atoms with Gasteiger partial charge in [-0.05, 0) is 29.8 Å². The van der Waals surface area contributed by atoms with Gasteiger partial charge in [0.25, 0.3) is 0 Å². The van der Waals surface area contributed by atoms with Crippen LogP contribution in [0.4, 0.5) is 0 Å². The van der Waals surface area contributed by atoms with Crippen LogP contribution in [-0.4, -0.2) is 4.98 Å². The highest BCUT2D eigenvalue weighted by Gasteiger charge is 1.95. The van der Waals surface area contributed by atoms with Gasteiger partial charge in [0.05, 0.1) is 0 Å². The molecule has 70 valence electrons. The van der Waals surface area contributed by atoms with Gasteiger partial charge in [0.2, 0.25) is 0 Å². The summed E-state index contributed by atoms with van der Waals surface area (Å²) in [5.41, 5.74) is 2.19. The molecule has 1 aromatic carbocycles. The van der Waals surface area contributed by atoms with Crippen LogP contribution in [0, 0.1) is 4.64 Å². The van der Waals surface area contributed by atoms with E-state index in [0.717, 1.165) is 20.4 Å². The summed E-state index contributed by atoms with van der Waals surface area (Å²) < 4.78 is 1.83. The zero-order chi connectivity index (χ0) is 9.97. The minimum Gasteiger partial charge on any atom is -0.346 e. The molecular formula is C11H8BrNS. The van der Waals surface area contributed by atoms with Crippen LogP contribution in [0.1, 0.15) is 0 Å². The molecule has 1 nitrogen and oxygen atoms in total. The van der Waals surface area contributed by atoms with E-state index in [0.29, 0.717) is 0 Å². The zero-order valence-corrected chi connectivity index (χ0v) is 9.73. The summed E-state index contributed by atoms with van der Waals surface area (Å²) in [6.45, 7) is 0. The number of aromatic amines is 1. The Morgan fingerprint density at radius 1 is 1.00 bits per heavy atom. The Bertz CT molecular complexity index is 487. The van der Waals surface area contributed by atoms with E-state index >= 15 is 0 Å². The second-order valence-corrected chi connectivity index (χ2v) is 4.29. The van der Waals surface area contributed by atoms with Gasteiger partial charge < -0.3 is 4.98 Å². The molecule has 0 aliphatic rings. The number of nitrogens with one attached hydrogen (secondary N) is 1. The van der Waals surface area contributed by atoms with E-state index in [1.54, 1.807) is 0 Å². The van der Waals surface area contributed by atoms with Crippen molar-refractivity contribution in [2.45, 2.75) is 0 Å². The minimum absolute atomic E-state index is 0.755. The maximum absolute atomic E-state index is 5.06. The van der Waals surface area contributed by atoms with Crippen LogP contribution in [-0.2, 0) is 0 Å². The molecule has 0 aliphatic carbocycles. The standard InChI is InChI=1S/C11H8BrNS/c12-9-6-4-8(5-7-9)10-2-1-3-11(14)13-10/h1-7H,(H,13,14). The fraction of sp³-hybridized carbons (Fsp3) is 0. The van der Waals surface area contributed by atoms with Crippen LogP contribution < -0.4 is 0 Å². The van der Waals surface area contributed by atoms with Crippen molar-refractivity contribution >= 4 is 28.1 Å². The highest BCUT2D eigenvalue weighted by molar-refractivity contribution is 9.10. The Labute approximate surface area is 95.9 Å². The number of benzene rings is 1. The van der Waals surface area contributed by atoms with Crippen molar-refractivity contribution in [2.24, 2.45) is 0 Å².